The number of aryl methyl sites for hydroxylation is 2. The van der Waals surface area contributed by atoms with Gasteiger partial charge in [-0.25, -0.2) is 4.98 Å². The van der Waals surface area contributed by atoms with Crippen LogP contribution in [0.1, 0.15) is 106 Å². The van der Waals surface area contributed by atoms with Gasteiger partial charge in [0.25, 0.3) is 0 Å². The lowest BCUT2D eigenvalue weighted by molar-refractivity contribution is 0.471. The highest BCUT2D eigenvalue weighted by atomic mass is 16.3. The first-order chi connectivity index (χ1) is 33.3. The molecule has 0 aliphatic rings. The van der Waals surface area contributed by atoms with Crippen molar-refractivity contribution in [1.29, 1.82) is 0 Å². The Bertz CT molecular complexity index is 3300. The normalized spacial score (nSPS) is 16.1. The van der Waals surface area contributed by atoms with Gasteiger partial charge in [-0.3, -0.25) is 9.55 Å². The highest BCUT2D eigenvalue weighted by Crippen LogP contribution is 2.44. The van der Waals surface area contributed by atoms with E-state index in [4.69, 9.17) is 26.4 Å². The van der Waals surface area contributed by atoms with Gasteiger partial charge in [0.05, 0.1) is 28.0 Å². The molecular formula is C56H57N3O. The summed E-state index contributed by atoms with van der Waals surface area (Å²) in [6.45, 7) is 2.04. The van der Waals surface area contributed by atoms with Crippen molar-refractivity contribution in [3.05, 3.63) is 167 Å². The Morgan fingerprint density at radius 1 is 0.550 bits per heavy atom. The van der Waals surface area contributed by atoms with Crippen molar-refractivity contribution >= 4 is 11.0 Å². The Morgan fingerprint density at radius 3 is 1.97 bits per heavy atom. The standard InChI is InChI=1S/C56H57N3O/c1-35-20-25-49(46(28-35)38-16-13-12-14-17-38)59-50-19-15-18-45(51(50)58-53(59)47-34-43(55(6,7)8)29-36(2)52(47)60)40-30-41(32-44(31-40)56(9,10)11)48-33-39(26-27-57-48)37-21-23-42(24-22-37)54(3,4)5/h12-34,60H,1-11H3/i1D3,3D3,4D3,5D3. The first kappa shape index (κ1) is 28.3. The fourth-order valence-corrected chi connectivity index (χ4v) is 7.76. The number of pyridine rings is 1. The van der Waals surface area contributed by atoms with Crippen molar-refractivity contribution in [2.24, 2.45) is 0 Å². The lowest BCUT2D eigenvalue weighted by Gasteiger charge is -2.22. The number of fused-ring (bicyclic) bond motifs is 1. The van der Waals surface area contributed by atoms with Gasteiger partial charge in [-0.05, 0) is 123 Å². The van der Waals surface area contributed by atoms with Gasteiger partial charge in [-0.15, -0.1) is 0 Å². The van der Waals surface area contributed by atoms with Crippen LogP contribution in [0.3, 0.4) is 0 Å². The monoisotopic (exact) mass is 800 g/mol. The number of imidazole rings is 1. The van der Waals surface area contributed by atoms with Crippen molar-refractivity contribution in [1.82, 2.24) is 14.5 Å². The number of hydrogen-bond acceptors (Lipinski definition) is 3. The third kappa shape index (κ3) is 7.79. The number of hydrogen-bond donors (Lipinski definition) is 1. The molecular weight excluding hydrogens is 731 g/mol. The molecule has 0 saturated heterocycles. The van der Waals surface area contributed by atoms with E-state index in [-0.39, 0.29) is 27.7 Å². The van der Waals surface area contributed by atoms with E-state index in [0.29, 0.717) is 56.1 Å². The molecule has 0 bridgehead atoms. The predicted octanol–water partition coefficient (Wildman–Crippen LogP) is 15.0. The number of para-hydroxylation sites is 1. The topological polar surface area (TPSA) is 50.9 Å². The number of phenols is 1. The first-order valence-corrected chi connectivity index (χ1v) is 20.1. The van der Waals surface area contributed by atoms with Crippen LogP contribution in [0.4, 0.5) is 0 Å². The third-order valence-corrected chi connectivity index (χ3v) is 11.2. The summed E-state index contributed by atoms with van der Waals surface area (Å²) < 4.78 is 101. The summed E-state index contributed by atoms with van der Waals surface area (Å²) >= 11 is 0. The average Bonchev–Trinajstić information content (AvgIpc) is 3.67. The molecule has 60 heavy (non-hydrogen) atoms. The average molecular weight is 800 g/mol. The fraction of sp³-hybridized carbons (Fsp3) is 0.250. The number of aromatic hydroxyl groups is 1. The Morgan fingerprint density at radius 2 is 1.27 bits per heavy atom. The Labute approximate surface area is 373 Å². The zero-order valence-corrected chi connectivity index (χ0v) is 35.1. The van der Waals surface area contributed by atoms with Crippen LogP contribution in [0, 0.1) is 13.8 Å². The smallest absolute Gasteiger partial charge is 0.149 e. The molecule has 0 aliphatic carbocycles. The number of nitrogens with zero attached hydrogens (tertiary/aromatic N) is 3. The van der Waals surface area contributed by atoms with Gasteiger partial charge in [0.2, 0.25) is 0 Å². The molecule has 8 aromatic rings. The Kier molecular flexibility index (Phi) is 7.10. The Hall–Kier alpha value is -6.26. The van der Waals surface area contributed by atoms with Crippen LogP contribution in [-0.2, 0) is 16.2 Å². The summed E-state index contributed by atoms with van der Waals surface area (Å²) in [6.07, 6.45) is 1.65. The summed E-state index contributed by atoms with van der Waals surface area (Å²) in [5, 5.41) is 12.0. The van der Waals surface area contributed by atoms with Crippen LogP contribution in [0.5, 0.6) is 5.75 Å². The lowest BCUT2D eigenvalue weighted by Crippen LogP contribution is -2.12. The van der Waals surface area contributed by atoms with E-state index in [1.54, 1.807) is 24.4 Å². The van der Waals surface area contributed by atoms with Gasteiger partial charge >= 0.3 is 0 Å². The number of rotatable bonds is 6. The molecule has 0 radical (unpaired) electrons. The molecule has 8 rings (SSSR count). The van der Waals surface area contributed by atoms with Crippen LogP contribution in [0.2, 0.25) is 0 Å². The number of benzene rings is 6. The van der Waals surface area contributed by atoms with Crippen molar-refractivity contribution in [2.45, 2.75) is 92.1 Å². The molecule has 4 nitrogen and oxygen atoms in total. The molecule has 0 aliphatic heterocycles. The van der Waals surface area contributed by atoms with Gasteiger partial charge in [0.15, 0.2) is 0 Å². The minimum Gasteiger partial charge on any atom is -0.507 e. The van der Waals surface area contributed by atoms with Gasteiger partial charge < -0.3 is 5.11 Å². The van der Waals surface area contributed by atoms with Crippen LogP contribution in [-0.4, -0.2) is 19.6 Å². The molecule has 4 heteroatoms. The van der Waals surface area contributed by atoms with Crippen LogP contribution < -0.4 is 0 Å². The molecule has 0 atom stereocenters. The van der Waals surface area contributed by atoms with E-state index in [9.17, 15) is 5.11 Å². The highest BCUT2D eigenvalue weighted by molar-refractivity contribution is 5.98. The second-order valence-electron chi connectivity index (χ2n) is 17.8. The van der Waals surface area contributed by atoms with E-state index in [1.165, 1.54) is 24.3 Å². The molecule has 0 unspecified atom stereocenters. The minimum absolute atomic E-state index is 0.0743. The van der Waals surface area contributed by atoms with Crippen molar-refractivity contribution in [3.8, 4) is 67.5 Å². The van der Waals surface area contributed by atoms with Crippen molar-refractivity contribution in [3.63, 3.8) is 0 Å². The molecule has 0 fully saturated rings. The molecule has 0 amide bonds. The summed E-state index contributed by atoms with van der Waals surface area (Å²) in [6, 6.07) is 40.2. The first-order valence-electron chi connectivity index (χ1n) is 26.1. The van der Waals surface area contributed by atoms with E-state index >= 15 is 0 Å². The summed E-state index contributed by atoms with van der Waals surface area (Å²) in [4.78, 5) is 10.3. The molecule has 0 saturated carbocycles. The van der Waals surface area contributed by atoms with Crippen molar-refractivity contribution < 1.29 is 21.6 Å². The second-order valence-corrected chi connectivity index (χ2v) is 17.8. The SMILES string of the molecule is [2H]C([2H])([2H])c1ccc(-n2c(-c3cc(C(C)(C)C)cc(C)c3O)nc3c(-c4cc(-c5cc(-c6ccc(C(C([2H])([2H])[2H])(C([2H])([2H])[2H])C([2H])([2H])[2H])cc6)ccn5)cc(C(C)(C)C)c4)cccc32)c(-c2ccccc2)c1. The third-order valence-electron chi connectivity index (χ3n) is 11.2. The maximum atomic E-state index is 12.0. The minimum atomic E-state index is -3.38. The molecule has 2 heterocycles. The molecule has 302 valence electrons. The molecule has 0 spiro atoms. The van der Waals surface area contributed by atoms with E-state index in [1.807, 2.05) is 90.4 Å². The largest absolute Gasteiger partial charge is 0.507 e. The van der Waals surface area contributed by atoms with Crippen LogP contribution in [0.15, 0.2) is 140 Å². The van der Waals surface area contributed by atoms with E-state index in [0.717, 1.165) is 33.4 Å². The molecule has 1 N–H and O–H groups in total. The zero-order valence-electron chi connectivity index (χ0n) is 47.1. The van der Waals surface area contributed by atoms with E-state index < -0.39 is 32.8 Å². The van der Waals surface area contributed by atoms with E-state index in [2.05, 4.69) is 53.7 Å². The number of phenolic OH excluding ortho intramolecular Hbond substituents is 1. The zero-order chi connectivity index (χ0) is 52.7. The van der Waals surface area contributed by atoms with Crippen LogP contribution >= 0.6 is 0 Å². The fourth-order valence-electron chi connectivity index (χ4n) is 7.76. The van der Waals surface area contributed by atoms with Gasteiger partial charge in [-0.2, -0.15) is 0 Å². The Balaban J connectivity index is 1.35. The highest BCUT2D eigenvalue weighted by Gasteiger charge is 2.26. The van der Waals surface area contributed by atoms with Gasteiger partial charge in [0.1, 0.15) is 11.6 Å². The van der Waals surface area contributed by atoms with Gasteiger partial charge in [0, 0.05) is 39.3 Å². The summed E-state index contributed by atoms with van der Waals surface area (Å²) in [5.41, 5.74) is 7.02. The quantitative estimate of drug-likeness (QED) is 0.182. The van der Waals surface area contributed by atoms with Gasteiger partial charge in [-0.1, -0.05) is 153 Å². The number of aromatic nitrogens is 3. The maximum absolute atomic E-state index is 12.0. The second kappa shape index (κ2) is 15.1. The maximum Gasteiger partial charge on any atom is 0.149 e. The van der Waals surface area contributed by atoms with Crippen LogP contribution in [0.25, 0.3) is 72.7 Å². The molecule has 6 aromatic carbocycles. The molecule has 2 aromatic heterocycles. The lowest BCUT2D eigenvalue weighted by atomic mass is 9.83. The summed E-state index contributed by atoms with van der Waals surface area (Å²) in [5.74, 6) is 0.537. The predicted molar refractivity (Wildman–Crippen MR) is 253 cm³/mol. The van der Waals surface area contributed by atoms with Crippen molar-refractivity contribution in [2.75, 3.05) is 0 Å². The summed E-state index contributed by atoms with van der Waals surface area (Å²) in [7, 11) is 0.